The molecule has 0 aliphatic carbocycles. The third kappa shape index (κ3) is 3.18. The predicted molar refractivity (Wildman–Crippen MR) is 105 cm³/mol. The normalized spacial score (nSPS) is 15.7. The van der Waals surface area contributed by atoms with Crippen LogP contribution in [0.25, 0.3) is 11.0 Å². The highest BCUT2D eigenvalue weighted by molar-refractivity contribution is 9.10. The van der Waals surface area contributed by atoms with Crippen LogP contribution in [0.15, 0.2) is 41.1 Å². The van der Waals surface area contributed by atoms with Crippen LogP contribution in [0.5, 0.6) is 0 Å². The molecule has 2 N–H and O–H groups in total. The molecule has 6 heteroatoms. The molecule has 0 spiro atoms. The summed E-state index contributed by atoms with van der Waals surface area (Å²) in [7, 11) is 0. The van der Waals surface area contributed by atoms with Crippen LogP contribution in [0.4, 0.5) is 11.6 Å². The molecular weight excluding hydrogens is 378 g/mol. The van der Waals surface area contributed by atoms with Crippen molar-refractivity contribution in [2.45, 2.75) is 25.7 Å². The third-order valence-electron chi connectivity index (χ3n) is 4.95. The van der Waals surface area contributed by atoms with Crippen LogP contribution in [0.3, 0.4) is 0 Å². The number of pyridine rings is 1. The second-order valence-corrected chi connectivity index (χ2v) is 7.43. The minimum Gasteiger partial charge on any atom is -0.384 e. The van der Waals surface area contributed by atoms with Crippen LogP contribution in [-0.2, 0) is 0 Å². The Hall–Kier alpha value is -2.21. The van der Waals surface area contributed by atoms with Crippen molar-refractivity contribution in [2.24, 2.45) is 0 Å². The number of benzene rings is 1. The molecule has 0 bridgehead atoms. The summed E-state index contributed by atoms with van der Waals surface area (Å²) in [6.45, 7) is 4.11. The van der Waals surface area contributed by atoms with Gasteiger partial charge in [0.25, 0.3) is 0 Å². The molecule has 4 rings (SSSR count). The molecule has 128 valence electrons. The van der Waals surface area contributed by atoms with Gasteiger partial charge in [0, 0.05) is 17.6 Å². The van der Waals surface area contributed by atoms with E-state index < -0.39 is 0 Å². The average molecular weight is 398 g/mol. The third-order valence-corrected chi connectivity index (χ3v) is 5.84. The lowest BCUT2D eigenvalue weighted by molar-refractivity contribution is 0.503. The summed E-state index contributed by atoms with van der Waals surface area (Å²) >= 11 is 3.58. The number of halogens is 1. The molecule has 1 aliphatic rings. The minimum atomic E-state index is 0.487. The summed E-state index contributed by atoms with van der Waals surface area (Å²) in [6.07, 6.45) is 3.82. The zero-order valence-corrected chi connectivity index (χ0v) is 15.7. The van der Waals surface area contributed by atoms with Gasteiger partial charge in [-0.15, -0.1) is 0 Å². The van der Waals surface area contributed by atoms with Crippen LogP contribution in [-0.4, -0.2) is 28.0 Å². The summed E-state index contributed by atoms with van der Waals surface area (Å²) < 4.78 is 1.17. The Morgan fingerprint density at radius 1 is 1.12 bits per heavy atom. The highest BCUT2D eigenvalue weighted by Crippen LogP contribution is 2.33. The maximum atomic E-state index is 5.77. The van der Waals surface area contributed by atoms with Gasteiger partial charge in [-0.1, -0.05) is 28.1 Å². The van der Waals surface area contributed by atoms with E-state index in [4.69, 9.17) is 5.73 Å². The molecule has 0 amide bonds. The van der Waals surface area contributed by atoms with Crippen LogP contribution in [0, 0.1) is 6.92 Å². The first kappa shape index (κ1) is 16.3. The standard InChI is InChI=1S/C19H20BrN5/c1-12-10-14(2-4-16(12)20)13-6-8-25(9-7-13)19-15-3-5-17(21)24-18(15)22-11-23-19/h2-5,10-11,13H,6-9H2,1H3,(H2,21,22,23,24). The largest absolute Gasteiger partial charge is 0.384 e. The summed E-state index contributed by atoms with van der Waals surface area (Å²) in [6, 6.07) is 10.5. The van der Waals surface area contributed by atoms with Crippen LogP contribution in [0.2, 0.25) is 0 Å². The van der Waals surface area contributed by atoms with Gasteiger partial charge in [-0.25, -0.2) is 15.0 Å². The van der Waals surface area contributed by atoms with E-state index in [2.05, 4.69) is 60.9 Å². The first-order valence-electron chi connectivity index (χ1n) is 8.50. The monoisotopic (exact) mass is 397 g/mol. The zero-order valence-electron chi connectivity index (χ0n) is 14.1. The van der Waals surface area contributed by atoms with Crippen molar-refractivity contribution in [2.75, 3.05) is 23.7 Å². The number of nitrogens with zero attached hydrogens (tertiary/aromatic N) is 4. The van der Waals surface area contributed by atoms with E-state index in [1.54, 1.807) is 6.33 Å². The molecule has 1 aliphatic heterocycles. The van der Waals surface area contributed by atoms with Gasteiger partial charge in [-0.3, -0.25) is 0 Å². The van der Waals surface area contributed by atoms with E-state index in [0.717, 1.165) is 37.1 Å². The Labute approximate surface area is 155 Å². The van der Waals surface area contributed by atoms with Crippen molar-refractivity contribution in [3.63, 3.8) is 0 Å². The highest BCUT2D eigenvalue weighted by atomic mass is 79.9. The lowest BCUT2D eigenvalue weighted by Gasteiger charge is -2.33. The van der Waals surface area contributed by atoms with Gasteiger partial charge in [0.1, 0.15) is 18.0 Å². The fourth-order valence-corrected chi connectivity index (χ4v) is 3.79. The number of hydrogen-bond acceptors (Lipinski definition) is 5. The van der Waals surface area contributed by atoms with E-state index >= 15 is 0 Å². The van der Waals surface area contributed by atoms with Crippen LogP contribution < -0.4 is 10.6 Å². The lowest BCUT2D eigenvalue weighted by atomic mass is 9.88. The number of fused-ring (bicyclic) bond motifs is 1. The van der Waals surface area contributed by atoms with Crippen molar-refractivity contribution in [1.82, 2.24) is 15.0 Å². The Morgan fingerprint density at radius 3 is 2.68 bits per heavy atom. The highest BCUT2D eigenvalue weighted by Gasteiger charge is 2.23. The molecule has 5 nitrogen and oxygen atoms in total. The number of aryl methyl sites for hydroxylation is 1. The van der Waals surface area contributed by atoms with Crippen molar-refractivity contribution < 1.29 is 0 Å². The van der Waals surface area contributed by atoms with Gasteiger partial charge in [0.2, 0.25) is 0 Å². The molecule has 0 atom stereocenters. The predicted octanol–water partition coefficient (Wildman–Crippen LogP) is 4.06. The fourth-order valence-electron chi connectivity index (χ4n) is 3.54. The van der Waals surface area contributed by atoms with Gasteiger partial charge in [0.05, 0.1) is 5.39 Å². The number of anilines is 2. The number of hydrogen-bond donors (Lipinski definition) is 1. The van der Waals surface area contributed by atoms with Crippen molar-refractivity contribution >= 4 is 38.6 Å². The molecule has 3 heterocycles. The van der Waals surface area contributed by atoms with Crippen LogP contribution in [0.1, 0.15) is 29.9 Å². The molecule has 1 fully saturated rings. The molecule has 1 aromatic carbocycles. The minimum absolute atomic E-state index is 0.487. The smallest absolute Gasteiger partial charge is 0.166 e. The number of piperidine rings is 1. The van der Waals surface area contributed by atoms with E-state index in [0.29, 0.717) is 17.4 Å². The number of rotatable bonds is 2. The quantitative estimate of drug-likeness (QED) is 0.705. The first-order chi connectivity index (χ1) is 12.1. The molecule has 0 saturated carbocycles. The maximum Gasteiger partial charge on any atom is 0.166 e. The van der Waals surface area contributed by atoms with E-state index in [9.17, 15) is 0 Å². The summed E-state index contributed by atoms with van der Waals surface area (Å²) in [5, 5.41) is 0.967. The van der Waals surface area contributed by atoms with Crippen molar-refractivity contribution in [3.05, 3.63) is 52.3 Å². The van der Waals surface area contributed by atoms with Crippen LogP contribution >= 0.6 is 15.9 Å². The Kier molecular flexibility index (Phi) is 4.29. The molecule has 2 aromatic heterocycles. The molecule has 3 aromatic rings. The molecular formula is C19H20BrN5. The van der Waals surface area contributed by atoms with Gasteiger partial charge in [-0.05, 0) is 55.0 Å². The SMILES string of the molecule is Cc1cc(C2CCN(c3ncnc4nc(N)ccc34)CC2)ccc1Br. The number of nitrogen functional groups attached to an aromatic ring is 1. The molecule has 1 saturated heterocycles. The fraction of sp³-hybridized carbons (Fsp3) is 0.316. The summed E-state index contributed by atoms with van der Waals surface area (Å²) in [5.41, 5.74) is 9.16. The van der Waals surface area contributed by atoms with Gasteiger partial charge in [0.15, 0.2) is 5.65 Å². The van der Waals surface area contributed by atoms with E-state index in [-0.39, 0.29) is 0 Å². The molecule has 25 heavy (non-hydrogen) atoms. The van der Waals surface area contributed by atoms with Gasteiger partial charge in [-0.2, -0.15) is 0 Å². The first-order valence-corrected chi connectivity index (χ1v) is 9.29. The topological polar surface area (TPSA) is 67.9 Å². The van der Waals surface area contributed by atoms with Gasteiger partial charge < -0.3 is 10.6 Å². The maximum absolute atomic E-state index is 5.77. The molecule has 0 unspecified atom stereocenters. The van der Waals surface area contributed by atoms with Crippen molar-refractivity contribution in [3.8, 4) is 0 Å². The van der Waals surface area contributed by atoms with Crippen molar-refractivity contribution in [1.29, 1.82) is 0 Å². The lowest BCUT2D eigenvalue weighted by Crippen LogP contribution is -2.33. The van der Waals surface area contributed by atoms with E-state index in [1.807, 2.05) is 12.1 Å². The zero-order chi connectivity index (χ0) is 17.4. The summed E-state index contributed by atoms with van der Waals surface area (Å²) in [5.74, 6) is 2.05. The average Bonchev–Trinajstić information content (AvgIpc) is 2.63. The number of nitrogens with two attached hydrogens (primary N) is 1. The summed E-state index contributed by atoms with van der Waals surface area (Å²) in [4.78, 5) is 15.4. The Balaban J connectivity index is 1.55. The number of aromatic nitrogens is 3. The Morgan fingerprint density at radius 2 is 1.92 bits per heavy atom. The van der Waals surface area contributed by atoms with Gasteiger partial charge >= 0.3 is 0 Å². The molecule has 0 radical (unpaired) electrons. The second-order valence-electron chi connectivity index (χ2n) is 6.57. The Bertz CT molecular complexity index is 919. The van der Waals surface area contributed by atoms with E-state index in [1.165, 1.54) is 15.6 Å². The second kappa shape index (κ2) is 6.59.